The van der Waals surface area contributed by atoms with E-state index in [4.69, 9.17) is 0 Å². The molecule has 146 valence electrons. The lowest BCUT2D eigenvalue weighted by Crippen LogP contribution is -2.33. The Kier molecular flexibility index (Phi) is 10.2. The number of rotatable bonds is 12. The maximum absolute atomic E-state index is 9.42. The minimum atomic E-state index is -0.185. The molecule has 27 heavy (non-hydrogen) atoms. The molecule has 1 aliphatic rings. The molecule has 0 saturated carbocycles. The van der Waals surface area contributed by atoms with Crippen LogP contribution in [0.3, 0.4) is 0 Å². The first-order valence-electron chi connectivity index (χ1n) is 9.91. The van der Waals surface area contributed by atoms with Crippen LogP contribution in [0.5, 0.6) is 0 Å². The van der Waals surface area contributed by atoms with Crippen LogP contribution in [-0.2, 0) is 0 Å². The second-order valence-corrected chi connectivity index (χ2v) is 7.10. The van der Waals surface area contributed by atoms with Crippen molar-refractivity contribution < 1.29 is 0 Å². The predicted octanol–water partition coefficient (Wildman–Crippen LogP) is 5.30. The molecule has 0 aromatic rings. The Labute approximate surface area is 166 Å². The van der Waals surface area contributed by atoms with E-state index in [1.807, 2.05) is 25.2 Å². The summed E-state index contributed by atoms with van der Waals surface area (Å²) in [4.78, 5) is 2.47. The van der Waals surface area contributed by atoms with Gasteiger partial charge in [-0.1, -0.05) is 56.9 Å². The van der Waals surface area contributed by atoms with Gasteiger partial charge in [0.15, 0.2) is 0 Å². The molecule has 0 saturated heterocycles. The van der Waals surface area contributed by atoms with Gasteiger partial charge in [0.2, 0.25) is 0 Å². The maximum atomic E-state index is 9.42. The molecule has 0 fully saturated rings. The molecule has 1 N–H and O–H groups in total. The summed E-state index contributed by atoms with van der Waals surface area (Å²) >= 11 is 0. The Balaban J connectivity index is 2.71. The summed E-state index contributed by atoms with van der Waals surface area (Å²) in [5.41, 5.74) is 2.63. The standard InChI is InChI=1S/C24H35N3/c1-6-10-18-27(17-8-3)19-16-26-22-12-14-24(5,15-13-22)23(11-7-2)21(9-4)20-25/h6-7,9,11-14,26H,1,4,8,10,15-19H2,2-3,5H3/b11-7-,23-21-. The van der Waals surface area contributed by atoms with Crippen LogP contribution in [0, 0.1) is 16.7 Å². The molecule has 0 spiro atoms. The molecule has 0 aromatic heterocycles. The van der Waals surface area contributed by atoms with Gasteiger partial charge in [0, 0.05) is 30.7 Å². The number of nitrogens with one attached hydrogen (secondary N) is 1. The Morgan fingerprint density at radius 3 is 2.67 bits per heavy atom. The van der Waals surface area contributed by atoms with Crippen molar-refractivity contribution in [2.75, 3.05) is 26.2 Å². The first kappa shape index (κ1) is 22.7. The van der Waals surface area contributed by atoms with Crippen LogP contribution in [0.15, 0.2) is 72.5 Å². The fraction of sp³-hybridized carbons (Fsp3) is 0.458. The minimum absolute atomic E-state index is 0.185. The van der Waals surface area contributed by atoms with E-state index in [1.54, 1.807) is 6.08 Å². The molecule has 0 amide bonds. The highest BCUT2D eigenvalue weighted by atomic mass is 15.1. The summed E-state index contributed by atoms with van der Waals surface area (Å²) in [7, 11) is 0. The average Bonchev–Trinajstić information content (AvgIpc) is 2.68. The summed E-state index contributed by atoms with van der Waals surface area (Å²) in [6.07, 6.45) is 17.3. The smallest absolute Gasteiger partial charge is 0.0994 e. The summed E-state index contributed by atoms with van der Waals surface area (Å²) in [6, 6.07) is 2.27. The van der Waals surface area contributed by atoms with Crippen molar-refractivity contribution in [2.24, 2.45) is 5.41 Å². The van der Waals surface area contributed by atoms with Crippen molar-refractivity contribution in [3.63, 3.8) is 0 Å². The molecular weight excluding hydrogens is 330 g/mol. The minimum Gasteiger partial charge on any atom is -0.384 e. The first-order chi connectivity index (χ1) is 13.0. The molecule has 3 heteroatoms. The van der Waals surface area contributed by atoms with Crippen LogP contribution < -0.4 is 5.32 Å². The van der Waals surface area contributed by atoms with E-state index in [9.17, 15) is 5.26 Å². The van der Waals surface area contributed by atoms with Crippen LogP contribution in [0.4, 0.5) is 0 Å². The molecule has 1 rings (SSSR count). The number of nitrogens with zero attached hydrogens (tertiary/aromatic N) is 2. The highest BCUT2D eigenvalue weighted by Gasteiger charge is 2.28. The zero-order chi connectivity index (χ0) is 20.1. The number of hydrogen-bond acceptors (Lipinski definition) is 3. The fourth-order valence-corrected chi connectivity index (χ4v) is 3.32. The van der Waals surface area contributed by atoms with Gasteiger partial charge in [-0.2, -0.15) is 5.26 Å². The van der Waals surface area contributed by atoms with E-state index in [2.05, 4.69) is 61.5 Å². The van der Waals surface area contributed by atoms with E-state index >= 15 is 0 Å². The van der Waals surface area contributed by atoms with Crippen molar-refractivity contribution in [3.8, 4) is 6.07 Å². The van der Waals surface area contributed by atoms with Gasteiger partial charge < -0.3 is 10.2 Å². The lowest BCUT2D eigenvalue weighted by atomic mass is 9.74. The van der Waals surface area contributed by atoms with Gasteiger partial charge in [-0.05, 0) is 44.4 Å². The van der Waals surface area contributed by atoms with Gasteiger partial charge >= 0.3 is 0 Å². The van der Waals surface area contributed by atoms with Crippen LogP contribution in [0.1, 0.15) is 40.0 Å². The van der Waals surface area contributed by atoms with Crippen LogP contribution in [-0.4, -0.2) is 31.1 Å². The lowest BCUT2D eigenvalue weighted by molar-refractivity contribution is 0.281. The highest BCUT2D eigenvalue weighted by molar-refractivity contribution is 5.48. The van der Waals surface area contributed by atoms with Crippen LogP contribution in [0.2, 0.25) is 0 Å². The topological polar surface area (TPSA) is 39.1 Å². The maximum Gasteiger partial charge on any atom is 0.0994 e. The Bertz CT molecular complexity index is 658. The van der Waals surface area contributed by atoms with Gasteiger partial charge in [-0.25, -0.2) is 0 Å². The van der Waals surface area contributed by atoms with Gasteiger partial charge in [0.1, 0.15) is 0 Å². The van der Waals surface area contributed by atoms with Crippen molar-refractivity contribution in [1.82, 2.24) is 10.2 Å². The summed E-state index contributed by atoms with van der Waals surface area (Å²) in [5.74, 6) is 0. The van der Waals surface area contributed by atoms with Gasteiger partial charge in [-0.15, -0.1) is 6.58 Å². The molecule has 0 aliphatic heterocycles. The third kappa shape index (κ3) is 7.07. The van der Waals surface area contributed by atoms with E-state index in [0.717, 1.165) is 50.3 Å². The second-order valence-electron chi connectivity index (χ2n) is 7.10. The molecule has 0 heterocycles. The highest BCUT2D eigenvalue weighted by Crippen LogP contribution is 2.39. The van der Waals surface area contributed by atoms with Crippen LogP contribution >= 0.6 is 0 Å². The number of nitriles is 1. The molecular formula is C24H35N3. The zero-order valence-corrected chi connectivity index (χ0v) is 17.3. The van der Waals surface area contributed by atoms with Crippen molar-refractivity contribution in [3.05, 3.63) is 72.5 Å². The molecule has 1 atom stereocenters. The third-order valence-corrected chi connectivity index (χ3v) is 4.89. The number of hydrogen-bond donors (Lipinski definition) is 1. The van der Waals surface area contributed by atoms with Crippen molar-refractivity contribution >= 4 is 0 Å². The molecule has 1 aliphatic carbocycles. The van der Waals surface area contributed by atoms with Gasteiger partial charge in [0.05, 0.1) is 11.6 Å². The van der Waals surface area contributed by atoms with Crippen molar-refractivity contribution in [2.45, 2.75) is 40.0 Å². The first-order valence-corrected chi connectivity index (χ1v) is 9.91. The monoisotopic (exact) mass is 365 g/mol. The Morgan fingerprint density at radius 1 is 1.37 bits per heavy atom. The summed E-state index contributed by atoms with van der Waals surface area (Å²) < 4.78 is 0. The largest absolute Gasteiger partial charge is 0.384 e. The SMILES string of the molecule is C=CCCN(CCC)CCNC1=CCC(C)(C(/C=C\C)=C(\C#N)C=C)C=C1. The predicted molar refractivity (Wildman–Crippen MR) is 117 cm³/mol. The van der Waals surface area contributed by atoms with E-state index in [0.29, 0.717) is 5.57 Å². The zero-order valence-electron chi connectivity index (χ0n) is 17.3. The Hall–Kier alpha value is -2.31. The van der Waals surface area contributed by atoms with E-state index in [1.165, 1.54) is 6.42 Å². The molecule has 3 nitrogen and oxygen atoms in total. The van der Waals surface area contributed by atoms with E-state index < -0.39 is 0 Å². The summed E-state index contributed by atoms with van der Waals surface area (Å²) in [5, 5.41) is 13.0. The Morgan fingerprint density at radius 2 is 2.15 bits per heavy atom. The lowest BCUT2D eigenvalue weighted by Gasteiger charge is -2.31. The van der Waals surface area contributed by atoms with Gasteiger partial charge in [-0.3, -0.25) is 0 Å². The van der Waals surface area contributed by atoms with Crippen LogP contribution in [0.25, 0.3) is 0 Å². The second kappa shape index (κ2) is 12.1. The summed E-state index contributed by atoms with van der Waals surface area (Å²) in [6.45, 7) is 18.1. The molecule has 1 unspecified atom stereocenters. The average molecular weight is 366 g/mol. The third-order valence-electron chi connectivity index (χ3n) is 4.89. The van der Waals surface area contributed by atoms with Gasteiger partial charge in [0.25, 0.3) is 0 Å². The fourth-order valence-electron chi connectivity index (χ4n) is 3.32. The molecule has 0 radical (unpaired) electrons. The van der Waals surface area contributed by atoms with E-state index in [-0.39, 0.29) is 5.41 Å². The number of allylic oxidation sites excluding steroid dienone is 8. The van der Waals surface area contributed by atoms with Crippen molar-refractivity contribution in [1.29, 1.82) is 5.26 Å². The molecule has 0 bridgehead atoms. The quantitative estimate of drug-likeness (QED) is 0.290. The normalized spacial score (nSPS) is 20.2. The molecule has 0 aromatic carbocycles.